The Morgan fingerprint density at radius 2 is 1.83 bits per heavy atom. The number of aromatic nitrogens is 1. The molecule has 0 spiro atoms. The van der Waals surface area contributed by atoms with Gasteiger partial charge in [0.05, 0.1) is 13.2 Å². The van der Waals surface area contributed by atoms with Gasteiger partial charge in [0.25, 0.3) is 0 Å². The van der Waals surface area contributed by atoms with Gasteiger partial charge < -0.3 is 15.0 Å². The maximum absolute atomic E-state index is 13.0. The number of hydrogen-bond acceptors (Lipinski definition) is 4. The van der Waals surface area contributed by atoms with Gasteiger partial charge in [0, 0.05) is 42.7 Å². The van der Waals surface area contributed by atoms with Crippen molar-refractivity contribution in [2.24, 2.45) is 5.41 Å². The van der Waals surface area contributed by atoms with Crippen LogP contribution in [0.2, 0.25) is 0 Å². The van der Waals surface area contributed by atoms with E-state index in [4.69, 9.17) is 4.74 Å². The quantitative estimate of drug-likeness (QED) is 0.598. The van der Waals surface area contributed by atoms with Crippen molar-refractivity contribution < 1.29 is 29.0 Å². The number of pyridine rings is 1. The van der Waals surface area contributed by atoms with Crippen LogP contribution in [0.15, 0.2) is 53.7 Å². The highest BCUT2D eigenvalue weighted by Gasteiger charge is 2.65. The molecule has 1 N–H and O–H groups in total. The summed E-state index contributed by atoms with van der Waals surface area (Å²) in [6.45, 7) is 3.34. The summed E-state index contributed by atoms with van der Waals surface area (Å²) >= 11 is 0. The van der Waals surface area contributed by atoms with E-state index >= 15 is 0 Å². The second-order valence-electron chi connectivity index (χ2n) is 7.78. The van der Waals surface area contributed by atoms with Crippen LogP contribution in [0.4, 0.5) is 25.1 Å². The first kappa shape index (κ1) is 22.3. The first-order chi connectivity index (χ1) is 13.7. The van der Waals surface area contributed by atoms with E-state index in [0.717, 1.165) is 12.1 Å². The minimum atomic E-state index is -9.77. The standard InChI is InChI=1S/C19H22F5N3O2S/c1-19(12-29-13-19)11-26-18(28)17(14-4-3-9-25-10-14)27(2)15-5-7-16(8-6-15)30(20,21,22,23)24/h3-10,17H,11-13H2,1-2H3,(H,26,28). The number of likely N-dealkylation sites (N-methyl/N-ethyl adjacent to an activating group) is 1. The van der Waals surface area contributed by atoms with Crippen LogP contribution in [-0.2, 0) is 9.53 Å². The molecule has 2 aromatic rings. The van der Waals surface area contributed by atoms with Crippen molar-refractivity contribution in [2.45, 2.75) is 17.9 Å². The van der Waals surface area contributed by atoms with E-state index < -0.39 is 27.1 Å². The summed E-state index contributed by atoms with van der Waals surface area (Å²) in [5.74, 6) is -0.393. The lowest BCUT2D eigenvalue weighted by molar-refractivity contribution is -0.128. The Morgan fingerprint density at radius 3 is 2.30 bits per heavy atom. The molecule has 0 bridgehead atoms. The van der Waals surface area contributed by atoms with Crippen molar-refractivity contribution in [3.05, 3.63) is 54.4 Å². The van der Waals surface area contributed by atoms with Gasteiger partial charge in [-0.05, 0) is 30.3 Å². The van der Waals surface area contributed by atoms with Crippen LogP contribution in [0.25, 0.3) is 0 Å². The molecule has 30 heavy (non-hydrogen) atoms. The van der Waals surface area contributed by atoms with E-state index in [9.17, 15) is 24.2 Å². The van der Waals surface area contributed by atoms with E-state index in [1.54, 1.807) is 12.1 Å². The number of carbonyl (C=O) groups excluding carboxylic acids is 1. The van der Waals surface area contributed by atoms with Crippen LogP contribution in [0, 0.1) is 5.41 Å². The molecule has 1 aliphatic heterocycles. The summed E-state index contributed by atoms with van der Waals surface area (Å²) in [4.78, 5) is 16.4. The Labute approximate surface area is 171 Å². The molecule has 0 radical (unpaired) electrons. The van der Waals surface area contributed by atoms with Crippen LogP contribution >= 0.6 is 10.2 Å². The molecule has 2 heterocycles. The molecule has 5 nitrogen and oxygen atoms in total. The van der Waals surface area contributed by atoms with E-state index in [2.05, 4.69) is 10.3 Å². The fourth-order valence-corrected chi connectivity index (χ4v) is 3.78. The summed E-state index contributed by atoms with van der Waals surface area (Å²) in [6.07, 6.45) is 2.99. The number of carbonyl (C=O) groups is 1. The zero-order valence-corrected chi connectivity index (χ0v) is 17.1. The van der Waals surface area contributed by atoms with Crippen LogP contribution in [-0.4, -0.2) is 37.7 Å². The lowest BCUT2D eigenvalue weighted by Crippen LogP contribution is -2.50. The Kier molecular flexibility index (Phi) is 5.06. The van der Waals surface area contributed by atoms with E-state index in [1.807, 2.05) is 6.92 Å². The third-order valence-electron chi connectivity index (χ3n) is 4.92. The minimum absolute atomic E-state index is 0.169. The fourth-order valence-electron chi connectivity index (χ4n) is 3.13. The van der Waals surface area contributed by atoms with Crippen molar-refractivity contribution in [2.75, 3.05) is 31.7 Å². The van der Waals surface area contributed by atoms with Gasteiger partial charge in [-0.25, -0.2) is 0 Å². The average molecular weight is 451 g/mol. The number of nitrogens with zero attached hydrogens (tertiary/aromatic N) is 2. The Hall–Kier alpha value is -2.40. The fraction of sp³-hybridized carbons (Fsp3) is 0.368. The molecule has 11 heteroatoms. The Morgan fingerprint density at radius 1 is 1.20 bits per heavy atom. The van der Waals surface area contributed by atoms with Crippen molar-refractivity contribution >= 4 is 21.8 Å². The lowest BCUT2D eigenvalue weighted by Gasteiger charge is -2.41. The van der Waals surface area contributed by atoms with E-state index in [-0.39, 0.29) is 11.1 Å². The van der Waals surface area contributed by atoms with Crippen molar-refractivity contribution in [3.8, 4) is 0 Å². The molecule has 1 aromatic heterocycles. The molecule has 1 fully saturated rings. The van der Waals surface area contributed by atoms with Gasteiger partial charge in [-0.1, -0.05) is 32.4 Å². The number of nitrogens with one attached hydrogen (secondary N) is 1. The molecule has 166 valence electrons. The van der Waals surface area contributed by atoms with E-state index in [0.29, 0.717) is 37.5 Å². The summed E-state index contributed by atoms with van der Waals surface area (Å²) in [7, 11) is -8.27. The highest BCUT2D eigenvalue weighted by molar-refractivity contribution is 8.45. The largest absolute Gasteiger partial charge is 0.380 e. The average Bonchev–Trinajstić information content (AvgIpc) is 2.64. The topological polar surface area (TPSA) is 54.5 Å². The maximum Gasteiger partial charge on any atom is 0.310 e. The summed E-state index contributed by atoms with van der Waals surface area (Å²) in [6, 6.07) is 4.87. The lowest BCUT2D eigenvalue weighted by atomic mass is 9.88. The number of rotatable bonds is 7. The molecule has 1 amide bonds. The molecule has 3 rings (SSSR count). The van der Waals surface area contributed by atoms with Crippen LogP contribution in [0.3, 0.4) is 0 Å². The molecular weight excluding hydrogens is 429 g/mol. The first-order valence-electron chi connectivity index (χ1n) is 9.01. The predicted octanol–water partition coefficient (Wildman–Crippen LogP) is 5.07. The number of benzene rings is 1. The SMILES string of the molecule is CN(c1ccc(S(F)(F)(F)(F)F)cc1)C(C(=O)NCC1(C)COC1)c1cccnc1. The minimum Gasteiger partial charge on any atom is -0.380 e. The molecule has 0 aliphatic carbocycles. The number of amides is 1. The molecule has 1 atom stereocenters. The van der Waals surface area contributed by atoms with Gasteiger partial charge >= 0.3 is 10.2 Å². The zero-order chi connectivity index (χ0) is 22.3. The first-order valence-corrected chi connectivity index (χ1v) is 11.0. The van der Waals surface area contributed by atoms with E-state index in [1.165, 1.54) is 24.3 Å². The monoisotopic (exact) mass is 451 g/mol. The van der Waals surface area contributed by atoms with Gasteiger partial charge in [-0.15, -0.1) is 0 Å². The van der Waals surface area contributed by atoms with Crippen molar-refractivity contribution in [1.29, 1.82) is 0 Å². The smallest absolute Gasteiger partial charge is 0.310 e. The Balaban J connectivity index is 1.87. The van der Waals surface area contributed by atoms with Gasteiger partial charge in [-0.2, -0.15) is 0 Å². The van der Waals surface area contributed by atoms with Crippen LogP contribution in [0.5, 0.6) is 0 Å². The number of ether oxygens (including phenoxy) is 1. The van der Waals surface area contributed by atoms with Gasteiger partial charge in [-0.3, -0.25) is 9.78 Å². The number of hydrogen-bond donors (Lipinski definition) is 1. The summed E-state index contributed by atoms with van der Waals surface area (Å²) in [5.41, 5.74) is 0.490. The molecule has 1 saturated heterocycles. The number of anilines is 1. The summed E-state index contributed by atoms with van der Waals surface area (Å²) in [5, 5.41) is 2.84. The maximum atomic E-state index is 13.0. The molecule has 0 saturated carbocycles. The van der Waals surface area contributed by atoms with Crippen LogP contribution in [0.1, 0.15) is 18.5 Å². The molecule has 1 aromatic carbocycles. The Bertz CT molecular complexity index is 920. The number of halogens is 5. The van der Waals surface area contributed by atoms with Crippen LogP contribution < -0.4 is 10.2 Å². The van der Waals surface area contributed by atoms with Crippen molar-refractivity contribution in [1.82, 2.24) is 10.3 Å². The normalized spacial score (nSPS) is 19.0. The summed E-state index contributed by atoms with van der Waals surface area (Å²) < 4.78 is 70.1. The van der Waals surface area contributed by atoms with Gasteiger partial charge in [0.2, 0.25) is 5.91 Å². The highest BCUT2D eigenvalue weighted by Crippen LogP contribution is 3.02. The van der Waals surface area contributed by atoms with Gasteiger partial charge in [0.1, 0.15) is 10.9 Å². The molecular formula is C19H22F5N3O2S. The predicted molar refractivity (Wildman–Crippen MR) is 105 cm³/mol. The second-order valence-corrected chi connectivity index (χ2v) is 10.2. The second kappa shape index (κ2) is 6.81. The van der Waals surface area contributed by atoms with Crippen molar-refractivity contribution in [3.63, 3.8) is 0 Å². The third kappa shape index (κ3) is 5.01. The highest BCUT2D eigenvalue weighted by atomic mass is 32.5. The molecule has 1 aliphatic rings. The third-order valence-corrected chi connectivity index (χ3v) is 6.08. The van der Waals surface area contributed by atoms with Gasteiger partial charge in [0.15, 0.2) is 0 Å². The zero-order valence-electron chi connectivity index (χ0n) is 16.3. The molecule has 1 unspecified atom stereocenters.